The second-order valence-electron chi connectivity index (χ2n) is 8.97. The van der Waals surface area contributed by atoms with Gasteiger partial charge in [0, 0.05) is 32.7 Å². The number of hydrogen-bond acceptors (Lipinski definition) is 6. The number of nitrogens with zero attached hydrogens (tertiary/aromatic N) is 3. The lowest BCUT2D eigenvalue weighted by atomic mass is 10.1. The summed E-state index contributed by atoms with van der Waals surface area (Å²) in [7, 11) is 0. The molecule has 1 unspecified atom stereocenters. The van der Waals surface area contributed by atoms with Crippen LogP contribution in [0.3, 0.4) is 0 Å². The van der Waals surface area contributed by atoms with Gasteiger partial charge in [-0.3, -0.25) is 19.4 Å². The summed E-state index contributed by atoms with van der Waals surface area (Å²) in [4.78, 5) is 43.8. The first-order chi connectivity index (χ1) is 17.1. The van der Waals surface area contributed by atoms with E-state index in [1.54, 1.807) is 24.3 Å². The molecular formula is C28H33N3O4. The highest BCUT2D eigenvalue weighted by atomic mass is 16.5. The number of anilines is 1. The van der Waals surface area contributed by atoms with Gasteiger partial charge < -0.3 is 4.74 Å². The molecule has 0 aliphatic carbocycles. The van der Waals surface area contributed by atoms with Gasteiger partial charge in [0.2, 0.25) is 5.91 Å². The SMILES string of the molecule is CCCCOC(=O)c1ccc(N2C(=O)CC(N3CCN(CC=Cc4ccccc4)CC3)C2=O)cc1. The van der Waals surface area contributed by atoms with Crippen LogP contribution in [0.5, 0.6) is 0 Å². The number of unbranched alkanes of at least 4 members (excludes halogenated alkanes) is 1. The van der Waals surface area contributed by atoms with Crippen LogP contribution in [0.25, 0.3) is 6.08 Å². The number of benzene rings is 2. The number of piperazine rings is 1. The zero-order valence-corrected chi connectivity index (χ0v) is 20.3. The van der Waals surface area contributed by atoms with Crippen LogP contribution >= 0.6 is 0 Å². The van der Waals surface area contributed by atoms with Crippen molar-refractivity contribution in [1.82, 2.24) is 9.80 Å². The summed E-state index contributed by atoms with van der Waals surface area (Å²) in [5.41, 5.74) is 2.10. The third-order valence-electron chi connectivity index (χ3n) is 6.54. The highest BCUT2D eigenvalue weighted by molar-refractivity contribution is 6.22. The van der Waals surface area contributed by atoms with Crippen LogP contribution in [0.4, 0.5) is 5.69 Å². The largest absolute Gasteiger partial charge is 0.462 e. The molecule has 2 aliphatic heterocycles. The van der Waals surface area contributed by atoms with Crippen molar-refractivity contribution in [2.75, 3.05) is 44.2 Å². The van der Waals surface area contributed by atoms with Crippen LogP contribution in [0, 0.1) is 0 Å². The third-order valence-corrected chi connectivity index (χ3v) is 6.54. The van der Waals surface area contributed by atoms with E-state index in [4.69, 9.17) is 4.74 Å². The Balaban J connectivity index is 1.29. The maximum atomic E-state index is 13.2. The van der Waals surface area contributed by atoms with Crippen LogP contribution < -0.4 is 4.90 Å². The van der Waals surface area contributed by atoms with Crippen molar-refractivity contribution in [2.45, 2.75) is 32.2 Å². The first-order valence-electron chi connectivity index (χ1n) is 12.4. The van der Waals surface area contributed by atoms with E-state index in [0.717, 1.165) is 45.6 Å². The van der Waals surface area contributed by atoms with Gasteiger partial charge in [0.15, 0.2) is 0 Å². The first kappa shape index (κ1) is 24.8. The lowest BCUT2D eigenvalue weighted by Crippen LogP contribution is -2.52. The van der Waals surface area contributed by atoms with E-state index in [1.807, 2.05) is 25.1 Å². The van der Waals surface area contributed by atoms with Gasteiger partial charge >= 0.3 is 5.97 Å². The lowest BCUT2D eigenvalue weighted by Gasteiger charge is -2.36. The summed E-state index contributed by atoms with van der Waals surface area (Å²) >= 11 is 0. The quantitative estimate of drug-likeness (QED) is 0.314. The summed E-state index contributed by atoms with van der Waals surface area (Å²) in [6.07, 6.45) is 6.25. The molecule has 2 aliphatic rings. The molecule has 0 aromatic heterocycles. The average molecular weight is 476 g/mol. The predicted octanol–water partition coefficient (Wildman–Crippen LogP) is 3.61. The van der Waals surface area contributed by atoms with Crippen molar-refractivity contribution in [3.8, 4) is 0 Å². The summed E-state index contributed by atoms with van der Waals surface area (Å²) in [6.45, 7) is 6.48. The van der Waals surface area contributed by atoms with Crippen LogP contribution in [0.1, 0.15) is 42.1 Å². The van der Waals surface area contributed by atoms with E-state index in [-0.39, 0.29) is 18.2 Å². The normalized spacial score (nSPS) is 19.6. The summed E-state index contributed by atoms with van der Waals surface area (Å²) in [5, 5.41) is 0. The molecule has 1 atom stereocenters. The maximum absolute atomic E-state index is 13.2. The molecule has 2 saturated heterocycles. The Morgan fingerprint density at radius 1 is 1.00 bits per heavy atom. The average Bonchev–Trinajstić information content (AvgIpc) is 3.19. The van der Waals surface area contributed by atoms with Crippen LogP contribution in [-0.2, 0) is 14.3 Å². The molecule has 2 aromatic rings. The number of ether oxygens (including phenoxy) is 1. The highest BCUT2D eigenvalue weighted by Crippen LogP contribution is 2.27. The molecule has 2 heterocycles. The fraction of sp³-hybridized carbons (Fsp3) is 0.393. The molecule has 2 aromatic carbocycles. The van der Waals surface area contributed by atoms with Crippen molar-refractivity contribution in [3.63, 3.8) is 0 Å². The molecule has 7 heteroatoms. The molecule has 7 nitrogen and oxygen atoms in total. The fourth-order valence-corrected chi connectivity index (χ4v) is 4.47. The topological polar surface area (TPSA) is 70.2 Å². The Hall–Kier alpha value is -3.29. The van der Waals surface area contributed by atoms with E-state index < -0.39 is 12.0 Å². The molecule has 0 radical (unpaired) electrons. The standard InChI is InChI=1S/C28H33N3O4/c1-2-3-20-35-28(34)23-11-13-24(14-12-23)31-26(32)21-25(27(31)33)30-18-16-29(17-19-30)15-7-10-22-8-5-4-6-9-22/h4-14,25H,2-3,15-21H2,1H3. The Labute approximate surface area is 207 Å². The molecule has 35 heavy (non-hydrogen) atoms. The smallest absolute Gasteiger partial charge is 0.338 e. The van der Waals surface area contributed by atoms with Crippen LogP contribution in [0.2, 0.25) is 0 Å². The van der Waals surface area contributed by atoms with E-state index in [0.29, 0.717) is 17.9 Å². The van der Waals surface area contributed by atoms with Crippen molar-refractivity contribution in [2.24, 2.45) is 0 Å². The molecule has 0 spiro atoms. The van der Waals surface area contributed by atoms with Gasteiger partial charge in [0.25, 0.3) is 5.91 Å². The van der Waals surface area contributed by atoms with Crippen molar-refractivity contribution in [1.29, 1.82) is 0 Å². The second kappa shape index (κ2) is 11.9. The minimum atomic E-state index is -0.428. The summed E-state index contributed by atoms with van der Waals surface area (Å²) in [5.74, 6) is -0.782. The fourth-order valence-electron chi connectivity index (χ4n) is 4.47. The van der Waals surface area contributed by atoms with Gasteiger partial charge in [-0.25, -0.2) is 9.69 Å². The van der Waals surface area contributed by atoms with Crippen molar-refractivity contribution in [3.05, 3.63) is 71.8 Å². The molecule has 184 valence electrons. The number of imide groups is 1. The Bertz CT molecular complexity index is 1040. The maximum Gasteiger partial charge on any atom is 0.338 e. The monoisotopic (exact) mass is 475 g/mol. The number of esters is 1. The second-order valence-corrected chi connectivity index (χ2v) is 8.97. The summed E-state index contributed by atoms with van der Waals surface area (Å²) in [6, 6.07) is 16.3. The van der Waals surface area contributed by atoms with Gasteiger partial charge in [-0.2, -0.15) is 0 Å². The number of amides is 2. The Morgan fingerprint density at radius 2 is 1.71 bits per heavy atom. The lowest BCUT2D eigenvalue weighted by molar-refractivity contribution is -0.123. The predicted molar refractivity (Wildman–Crippen MR) is 136 cm³/mol. The molecule has 0 saturated carbocycles. The van der Waals surface area contributed by atoms with Gasteiger partial charge in [0.05, 0.1) is 30.3 Å². The number of hydrogen-bond donors (Lipinski definition) is 0. The van der Waals surface area contributed by atoms with Crippen molar-refractivity contribution < 1.29 is 19.1 Å². The van der Waals surface area contributed by atoms with E-state index in [1.165, 1.54) is 10.5 Å². The Kier molecular flexibility index (Phi) is 8.45. The number of rotatable bonds is 9. The number of carbonyl (C=O) groups excluding carboxylic acids is 3. The third kappa shape index (κ3) is 6.24. The molecular weight excluding hydrogens is 442 g/mol. The number of carbonyl (C=O) groups is 3. The van der Waals surface area contributed by atoms with Crippen LogP contribution in [0.15, 0.2) is 60.7 Å². The van der Waals surface area contributed by atoms with E-state index >= 15 is 0 Å². The van der Waals surface area contributed by atoms with E-state index in [2.05, 4.69) is 34.1 Å². The first-order valence-corrected chi connectivity index (χ1v) is 12.4. The zero-order chi connectivity index (χ0) is 24.6. The van der Waals surface area contributed by atoms with Crippen molar-refractivity contribution >= 4 is 29.5 Å². The Morgan fingerprint density at radius 3 is 2.40 bits per heavy atom. The molecule has 2 fully saturated rings. The summed E-state index contributed by atoms with van der Waals surface area (Å²) < 4.78 is 5.23. The van der Waals surface area contributed by atoms with E-state index in [9.17, 15) is 14.4 Å². The molecule has 0 N–H and O–H groups in total. The van der Waals surface area contributed by atoms with Crippen LogP contribution in [-0.4, -0.2) is 73.0 Å². The van der Waals surface area contributed by atoms with Gasteiger partial charge in [-0.05, 0) is 36.2 Å². The molecule has 4 rings (SSSR count). The van der Waals surface area contributed by atoms with Gasteiger partial charge in [-0.15, -0.1) is 0 Å². The molecule has 2 amide bonds. The van der Waals surface area contributed by atoms with Gasteiger partial charge in [-0.1, -0.05) is 55.8 Å². The molecule has 0 bridgehead atoms. The highest BCUT2D eigenvalue weighted by Gasteiger charge is 2.43. The zero-order valence-electron chi connectivity index (χ0n) is 20.3. The van der Waals surface area contributed by atoms with Gasteiger partial charge in [0.1, 0.15) is 0 Å². The minimum Gasteiger partial charge on any atom is -0.462 e. The minimum absolute atomic E-state index is 0.188.